The molecule has 0 aliphatic heterocycles. The first kappa shape index (κ1) is 17.6. The molecule has 24 heavy (non-hydrogen) atoms. The van der Waals surface area contributed by atoms with Crippen molar-refractivity contribution in [1.29, 1.82) is 0 Å². The highest BCUT2D eigenvalue weighted by Crippen LogP contribution is 2.26. The van der Waals surface area contributed by atoms with Gasteiger partial charge in [0.15, 0.2) is 0 Å². The lowest BCUT2D eigenvalue weighted by Crippen LogP contribution is -2.02. The van der Waals surface area contributed by atoms with Crippen LogP contribution in [0, 0.1) is 10.1 Å². The molecule has 0 aliphatic rings. The molecule has 126 valence electrons. The number of hydrogen-bond donors (Lipinski definition) is 1. The van der Waals surface area contributed by atoms with E-state index in [1.807, 2.05) is 12.1 Å². The average Bonchev–Trinajstić information content (AvgIpc) is 2.56. The minimum Gasteiger partial charge on any atom is -0.469 e. The highest BCUT2D eigenvalue weighted by Gasteiger charge is 2.17. The Kier molecular flexibility index (Phi) is 6.02. The fourth-order valence-corrected chi connectivity index (χ4v) is 2.14. The number of nitro groups is 1. The second-order valence-corrected chi connectivity index (χ2v) is 5.22. The first-order valence-electron chi connectivity index (χ1n) is 7.09. The molecule has 1 N–H and O–H groups in total. The van der Waals surface area contributed by atoms with E-state index in [9.17, 15) is 14.9 Å². The van der Waals surface area contributed by atoms with Crippen LogP contribution in [0.1, 0.15) is 18.4 Å². The van der Waals surface area contributed by atoms with Gasteiger partial charge in [-0.25, -0.2) is 4.98 Å². The van der Waals surface area contributed by atoms with Crippen LogP contribution in [0.3, 0.4) is 0 Å². The highest BCUT2D eigenvalue weighted by molar-refractivity contribution is 6.28. The van der Waals surface area contributed by atoms with Gasteiger partial charge in [0.05, 0.1) is 12.0 Å². The lowest BCUT2D eigenvalue weighted by atomic mass is 10.1. The van der Waals surface area contributed by atoms with Crippen molar-refractivity contribution in [3.63, 3.8) is 0 Å². The first-order chi connectivity index (χ1) is 11.5. The van der Waals surface area contributed by atoms with Crippen molar-refractivity contribution >= 4 is 34.8 Å². The summed E-state index contributed by atoms with van der Waals surface area (Å²) >= 11 is 5.69. The van der Waals surface area contributed by atoms with Crippen LogP contribution in [0.5, 0.6) is 0 Å². The molecule has 1 heterocycles. The Hall–Kier alpha value is -2.74. The van der Waals surface area contributed by atoms with Gasteiger partial charge in [0, 0.05) is 12.1 Å². The number of anilines is 2. The minimum absolute atomic E-state index is 0.0263. The largest absolute Gasteiger partial charge is 0.469 e. The monoisotopic (exact) mass is 350 g/mol. The van der Waals surface area contributed by atoms with E-state index in [1.54, 1.807) is 12.1 Å². The number of benzene rings is 1. The van der Waals surface area contributed by atoms with Crippen LogP contribution in [0.25, 0.3) is 0 Å². The number of ether oxygens (including phenoxy) is 1. The van der Waals surface area contributed by atoms with Crippen LogP contribution < -0.4 is 5.32 Å². The minimum atomic E-state index is -0.583. The number of nitrogens with zero attached hydrogens (tertiary/aromatic N) is 3. The van der Waals surface area contributed by atoms with Crippen molar-refractivity contribution in [2.75, 3.05) is 12.4 Å². The molecule has 0 spiro atoms. The molecule has 0 amide bonds. The van der Waals surface area contributed by atoms with Crippen LogP contribution in [0.2, 0.25) is 5.28 Å². The molecule has 8 nitrogen and oxygen atoms in total. The Labute approximate surface area is 143 Å². The predicted octanol–water partition coefficient (Wildman–Crippen LogP) is 3.28. The molecule has 2 rings (SSSR count). The Morgan fingerprint density at radius 3 is 2.71 bits per heavy atom. The predicted molar refractivity (Wildman–Crippen MR) is 88.4 cm³/mol. The maximum Gasteiger partial charge on any atom is 0.329 e. The summed E-state index contributed by atoms with van der Waals surface area (Å²) in [7, 11) is 1.36. The molecule has 9 heteroatoms. The molecule has 0 unspecified atom stereocenters. The SMILES string of the molecule is COC(=O)CCCc1ccc(Nc2nc(Cl)ncc2[N+](=O)[O-])cc1. The number of nitrogens with one attached hydrogen (secondary N) is 1. The molecular formula is C15H15ClN4O4. The summed E-state index contributed by atoms with van der Waals surface area (Å²) in [6, 6.07) is 7.28. The zero-order valence-corrected chi connectivity index (χ0v) is 13.6. The molecule has 0 saturated heterocycles. The molecule has 0 atom stereocenters. The van der Waals surface area contributed by atoms with Gasteiger partial charge in [-0.05, 0) is 42.1 Å². The molecule has 0 bridgehead atoms. The van der Waals surface area contributed by atoms with Gasteiger partial charge < -0.3 is 10.1 Å². The molecule has 1 aromatic heterocycles. The van der Waals surface area contributed by atoms with Crippen LogP contribution >= 0.6 is 11.6 Å². The second-order valence-electron chi connectivity index (χ2n) is 4.88. The molecular weight excluding hydrogens is 336 g/mol. The average molecular weight is 351 g/mol. The van der Waals surface area contributed by atoms with Crippen LogP contribution in [0.15, 0.2) is 30.5 Å². The van der Waals surface area contributed by atoms with E-state index in [0.29, 0.717) is 18.5 Å². The molecule has 2 aromatic rings. The number of aryl methyl sites for hydroxylation is 1. The van der Waals surface area contributed by atoms with Gasteiger partial charge in [0.1, 0.15) is 6.20 Å². The Morgan fingerprint density at radius 2 is 2.08 bits per heavy atom. The Bertz CT molecular complexity index is 737. The quantitative estimate of drug-likeness (QED) is 0.353. The number of carbonyl (C=O) groups excluding carboxylic acids is 1. The van der Waals surface area contributed by atoms with E-state index in [-0.39, 0.29) is 22.8 Å². The van der Waals surface area contributed by atoms with E-state index >= 15 is 0 Å². The van der Waals surface area contributed by atoms with Gasteiger partial charge in [-0.15, -0.1) is 0 Å². The van der Waals surface area contributed by atoms with Crippen molar-refractivity contribution in [1.82, 2.24) is 9.97 Å². The zero-order chi connectivity index (χ0) is 17.5. The van der Waals surface area contributed by atoms with E-state index < -0.39 is 4.92 Å². The number of esters is 1. The van der Waals surface area contributed by atoms with Crippen molar-refractivity contribution in [3.05, 3.63) is 51.4 Å². The van der Waals surface area contributed by atoms with E-state index in [2.05, 4.69) is 20.0 Å². The van der Waals surface area contributed by atoms with Crippen LogP contribution in [0.4, 0.5) is 17.2 Å². The smallest absolute Gasteiger partial charge is 0.329 e. The van der Waals surface area contributed by atoms with Gasteiger partial charge in [-0.3, -0.25) is 14.9 Å². The number of aromatic nitrogens is 2. The molecule has 0 radical (unpaired) electrons. The summed E-state index contributed by atoms with van der Waals surface area (Å²) < 4.78 is 4.59. The van der Waals surface area contributed by atoms with Gasteiger partial charge in [0.2, 0.25) is 11.1 Å². The normalized spacial score (nSPS) is 10.2. The van der Waals surface area contributed by atoms with Crippen molar-refractivity contribution in [3.8, 4) is 0 Å². The van der Waals surface area contributed by atoms with Crippen molar-refractivity contribution in [2.24, 2.45) is 0 Å². The zero-order valence-electron chi connectivity index (χ0n) is 12.9. The van der Waals surface area contributed by atoms with Crippen molar-refractivity contribution < 1.29 is 14.5 Å². The molecule has 0 fully saturated rings. The summed E-state index contributed by atoms with van der Waals surface area (Å²) in [6.45, 7) is 0. The van der Waals surface area contributed by atoms with Gasteiger partial charge in [-0.1, -0.05) is 12.1 Å². The first-order valence-corrected chi connectivity index (χ1v) is 7.47. The molecule has 0 aliphatic carbocycles. The summed E-state index contributed by atoms with van der Waals surface area (Å²) in [5.74, 6) is -0.209. The lowest BCUT2D eigenvalue weighted by Gasteiger charge is -2.07. The number of hydrogen-bond acceptors (Lipinski definition) is 7. The number of methoxy groups -OCH3 is 1. The Morgan fingerprint density at radius 1 is 1.38 bits per heavy atom. The maximum atomic E-state index is 11.1. The molecule has 1 aromatic carbocycles. The van der Waals surface area contributed by atoms with E-state index in [1.165, 1.54) is 7.11 Å². The van der Waals surface area contributed by atoms with Gasteiger partial charge in [0.25, 0.3) is 0 Å². The van der Waals surface area contributed by atoms with Gasteiger partial charge >= 0.3 is 11.7 Å². The van der Waals surface area contributed by atoms with E-state index in [4.69, 9.17) is 11.6 Å². The summed E-state index contributed by atoms with van der Waals surface area (Å²) in [5, 5.41) is 13.8. The highest BCUT2D eigenvalue weighted by atomic mass is 35.5. The fraction of sp³-hybridized carbons (Fsp3) is 0.267. The third-order valence-corrected chi connectivity index (χ3v) is 3.41. The number of rotatable bonds is 7. The number of carbonyl (C=O) groups is 1. The topological polar surface area (TPSA) is 107 Å². The van der Waals surface area contributed by atoms with Gasteiger partial charge in [-0.2, -0.15) is 4.98 Å². The summed E-state index contributed by atoms with van der Waals surface area (Å²) in [4.78, 5) is 28.9. The van der Waals surface area contributed by atoms with Crippen molar-refractivity contribution in [2.45, 2.75) is 19.3 Å². The maximum absolute atomic E-state index is 11.1. The number of halogens is 1. The lowest BCUT2D eigenvalue weighted by molar-refractivity contribution is -0.384. The third-order valence-electron chi connectivity index (χ3n) is 3.23. The second kappa shape index (κ2) is 8.21. The third kappa shape index (κ3) is 4.88. The molecule has 0 saturated carbocycles. The van der Waals surface area contributed by atoms with Crippen LogP contribution in [-0.4, -0.2) is 28.0 Å². The fourth-order valence-electron chi connectivity index (χ4n) is 2.01. The standard InChI is InChI=1S/C15H15ClN4O4/c1-24-13(21)4-2-3-10-5-7-11(8-6-10)18-14-12(20(22)23)9-17-15(16)19-14/h5-9H,2-4H2,1H3,(H,17,18,19). The summed E-state index contributed by atoms with van der Waals surface area (Å²) in [6.07, 6.45) is 2.84. The van der Waals surface area contributed by atoms with Crippen LogP contribution in [-0.2, 0) is 16.0 Å². The summed E-state index contributed by atoms with van der Waals surface area (Å²) in [5.41, 5.74) is 1.41. The Balaban J connectivity index is 2.03. The van der Waals surface area contributed by atoms with E-state index in [0.717, 1.165) is 18.2 Å².